The van der Waals surface area contributed by atoms with Crippen molar-refractivity contribution in [2.75, 3.05) is 0 Å². The van der Waals surface area contributed by atoms with Gasteiger partial charge in [0.1, 0.15) is 0 Å². The van der Waals surface area contributed by atoms with E-state index < -0.39 is 15.4 Å². The van der Waals surface area contributed by atoms with Crippen LogP contribution in [0.15, 0.2) is 0 Å². The van der Waals surface area contributed by atoms with Crippen LogP contribution in [0, 0.1) is 0 Å². The summed E-state index contributed by atoms with van der Waals surface area (Å²) < 4.78 is 28.9. The minimum Gasteiger partial charge on any atom is -1.00 e. The Balaban J connectivity index is -0.000000320. The Morgan fingerprint density at radius 3 is 1.80 bits per heavy atom. The number of thiol groups is 1. The van der Waals surface area contributed by atoms with E-state index in [9.17, 15) is 8.42 Å². The second-order valence-electron chi connectivity index (χ2n) is 1.96. The zero-order valence-electron chi connectivity index (χ0n) is 7.27. The van der Waals surface area contributed by atoms with Crippen molar-refractivity contribution in [3.8, 4) is 0 Å². The molecule has 2 unspecified atom stereocenters. The smallest absolute Gasteiger partial charge is 1.00 e. The summed E-state index contributed by atoms with van der Waals surface area (Å²) in [6.45, 7) is 3.02. The molecule has 6 heteroatoms. The van der Waals surface area contributed by atoms with Gasteiger partial charge in [-0.2, -0.15) is 21.0 Å². The van der Waals surface area contributed by atoms with Crippen molar-refractivity contribution in [3.05, 3.63) is 0 Å². The maximum absolute atomic E-state index is 10.3. The summed E-state index contributed by atoms with van der Waals surface area (Å²) in [5.74, 6) is 0. The second kappa shape index (κ2) is 5.00. The molecule has 0 saturated heterocycles. The fourth-order valence-corrected chi connectivity index (χ4v) is 1.21. The van der Waals surface area contributed by atoms with E-state index in [0.717, 1.165) is 0 Å². The molecule has 0 amide bonds. The van der Waals surface area contributed by atoms with Gasteiger partial charge in [0.15, 0.2) is 0 Å². The van der Waals surface area contributed by atoms with E-state index in [2.05, 4.69) is 12.6 Å². The summed E-state index contributed by atoms with van der Waals surface area (Å²) in [6.07, 6.45) is 0. The zero-order valence-corrected chi connectivity index (χ0v) is 9.98. The SMILES string of the molecule is CC(S)C(C)S(=O)(=O)O.[H-].[Na+]. The molecule has 0 heterocycles. The van der Waals surface area contributed by atoms with Gasteiger partial charge in [0.25, 0.3) is 10.1 Å². The first kappa shape index (κ1) is 13.8. The summed E-state index contributed by atoms with van der Waals surface area (Å²) in [6, 6.07) is 0. The molecule has 0 aromatic heterocycles. The molecule has 0 bridgehead atoms. The Bertz CT molecular complexity index is 180. The third kappa shape index (κ3) is 4.98. The molecule has 10 heavy (non-hydrogen) atoms. The van der Waals surface area contributed by atoms with Gasteiger partial charge in [-0.15, -0.1) is 0 Å². The fourth-order valence-electron chi connectivity index (χ4n) is 0.249. The van der Waals surface area contributed by atoms with E-state index >= 15 is 0 Å². The van der Waals surface area contributed by atoms with E-state index in [0.29, 0.717) is 0 Å². The summed E-state index contributed by atoms with van der Waals surface area (Å²) in [4.78, 5) is 0. The quantitative estimate of drug-likeness (QED) is 0.295. The standard InChI is InChI=1S/C4H10O3S2.Na.H/c1-3(8)4(2)9(5,6)7;;/h3-4,8H,1-2H3,(H,5,6,7);;/q;+1;-1. The first-order valence-electron chi connectivity index (χ1n) is 2.50. The van der Waals surface area contributed by atoms with E-state index in [1.54, 1.807) is 6.92 Å². The first-order chi connectivity index (χ1) is 3.85. The van der Waals surface area contributed by atoms with Crippen molar-refractivity contribution in [1.29, 1.82) is 0 Å². The Morgan fingerprint density at radius 2 is 1.80 bits per heavy atom. The molecule has 0 radical (unpaired) electrons. The van der Waals surface area contributed by atoms with Crippen molar-refractivity contribution >= 4 is 22.7 Å². The van der Waals surface area contributed by atoms with Crippen molar-refractivity contribution in [3.63, 3.8) is 0 Å². The predicted molar refractivity (Wildman–Crippen MR) is 40.6 cm³/mol. The van der Waals surface area contributed by atoms with Gasteiger partial charge in [-0.25, -0.2) is 0 Å². The molecule has 0 saturated carbocycles. The van der Waals surface area contributed by atoms with Crippen LogP contribution in [-0.4, -0.2) is 23.5 Å². The Morgan fingerprint density at radius 1 is 1.50 bits per heavy atom. The average Bonchev–Trinajstić information content (AvgIpc) is 1.62. The molecule has 0 aliphatic heterocycles. The maximum Gasteiger partial charge on any atom is 1.00 e. The monoisotopic (exact) mass is 194 g/mol. The van der Waals surface area contributed by atoms with Crippen molar-refractivity contribution in [2.24, 2.45) is 0 Å². The molecule has 0 spiro atoms. The van der Waals surface area contributed by atoms with Crippen LogP contribution in [0.25, 0.3) is 0 Å². The molecule has 0 fully saturated rings. The van der Waals surface area contributed by atoms with Crippen LogP contribution in [0.3, 0.4) is 0 Å². The summed E-state index contributed by atoms with van der Waals surface area (Å²) in [7, 11) is -3.88. The Kier molecular flexibility index (Phi) is 6.92. The molecule has 1 N–H and O–H groups in total. The fraction of sp³-hybridized carbons (Fsp3) is 1.00. The largest absolute Gasteiger partial charge is 1.00 e. The first-order valence-corrected chi connectivity index (χ1v) is 4.52. The van der Waals surface area contributed by atoms with E-state index in [4.69, 9.17) is 4.55 Å². The van der Waals surface area contributed by atoms with E-state index in [-0.39, 0.29) is 36.2 Å². The van der Waals surface area contributed by atoms with Gasteiger partial charge in [0.2, 0.25) is 0 Å². The predicted octanol–water partition coefficient (Wildman–Crippen LogP) is -2.30. The molecular weight excluding hydrogens is 183 g/mol. The third-order valence-corrected chi connectivity index (χ3v) is 3.15. The van der Waals surface area contributed by atoms with Crippen LogP contribution >= 0.6 is 12.6 Å². The zero-order chi connectivity index (χ0) is 7.65. The number of hydrogen-bond donors (Lipinski definition) is 2. The average molecular weight is 194 g/mol. The minimum absolute atomic E-state index is 0. The molecule has 0 aromatic rings. The normalized spacial score (nSPS) is 17.2. The second-order valence-corrected chi connectivity index (χ2v) is 4.55. The summed E-state index contributed by atoms with van der Waals surface area (Å²) >= 11 is 3.85. The minimum atomic E-state index is -3.88. The molecule has 0 aromatic carbocycles. The summed E-state index contributed by atoms with van der Waals surface area (Å²) in [5.41, 5.74) is 0. The van der Waals surface area contributed by atoms with Gasteiger partial charge >= 0.3 is 29.6 Å². The van der Waals surface area contributed by atoms with Gasteiger partial charge in [0, 0.05) is 5.25 Å². The number of rotatable bonds is 2. The van der Waals surface area contributed by atoms with Crippen molar-refractivity contribution in [1.82, 2.24) is 0 Å². The summed E-state index contributed by atoms with van der Waals surface area (Å²) in [5, 5.41) is -1.12. The van der Waals surface area contributed by atoms with Crippen LogP contribution in [0.2, 0.25) is 0 Å². The van der Waals surface area contributed by atoms with Crippen LogP contribution in [-0.2, 0) is 10.1 Å². The molecule has 0 aliphatic rings. The van der Waals surface area contributed by atoms with Crippen molar-refractivity contribution in [2.45, 2.75) is 24.3 Å². The van der Waals surface area contributed by atoms with Gasteiger partial charge in [0.05, 0.1) is 5.25 Å². The van der Waals surface area contributed by atoms with Crippen LogP contribution in [0.1, 0.15) is 15.3 Å². The van der Waals surface area contributed by atoms with Crippen LogP contribution < -0.4 is 29.6 Å². The number of hydrogen-bond acceptors (Lipinski definition) is 3. The molecule has 3 nitrogen and oxygen atoms in total. The maximum atomic E-state index is 10.3. The Hall–Kier alpha value is 1.26. The van der Waals surface area contributed by atoms with E-state index in [1.807, 2.05) is 0 Å². The van der Waals surface area contributed by atoms with Gasteiger partial charge in [-0.1, -0.05) is 6.92 Å². The van der Waals surface area contributed by atoms with E-state index in [1.165, 1.54) is 6.92 Å². The van der Waals surface area contributed by atoms with Crippen molar-refractivity contribution < 1.29 is 44.0 Å². The molecular formula is C4H11NaO3S2. The van der Waals surface area contributed by atoms with Gasteiger partial charge in [-0.05, 0) is 6.92 Å². The van der Waals surface area contributed by atoms with Crippen LogP contribution in [0.5, 0.6) is 0 Å². The Labute approximate surface area is 90.5 Å². The van der Waals surface area contributed by atoms with Crippen LogP contribution in [0.4, 0.5) is 0 Å². The molecule has 0 rings (SSSR count). The molecule has 0 aliphatic carbocycles. The molecule has 58 valence electrons. The van der Waals surface area contributed by atoms with Gasteiger partial charge in [-0.3, -0.25) is 4.55 Å². The third-order valence-electron chi connectivity index (χ3n) is 1.15. The van der Waals surface area contributed by atoms with Gasteiger partial charge < -0.3 is 1.43 Å². The molecule has 2 atom stereocenters. The topological polar surface area (TPSA) is 54.4 Å².